The zero-order valence-corrected chi connectivity index (χ0v) is 13.1. The summed E-state index contributed by atoms with van der Waals surface area (Å²) in [5, 5.41) is 2.81. The van der Waals surface area contributed by atoms with Crippen molar-refractivity contribution in [1.82, 2.24) is 9.97 Å². The molecule has 0 radical (unpaired) electrons. The van der Waals surface area contributed by atoms with Crippen LogP contribution in [0.25, 0.3) is 0 Å². The molecular formula is C13H13ClN4O3S. The Kier molecular flexibility index (Phi) is 4.62. The number of rotatable bonds is 5. The molecular weight excluding hydrogens is 328 g/mol. The molecule has 7 nitrogen and oxygen atoms in total. The van der Waals surface area contributed by atoms with Gasteiger partial charge in [0.2, 0.25) is 5.28 Å². The van der Waals surface area contributed by atoms with Crippen molar-refractivity contribution in [3.63, 3.8) is 0 Å². The molecule has 1 aromatic heterocycles. The van der Waals surface area contributed by atoms with E-state index in [4.69, 9.17) is 17.3 Å². The first-order valence-electron chi connectivity index (χ1n) is 6.13. The molecule has 0 aliphatic carbocycles. The van der Waals surface area contributed by atoms with Crippen LogP contribution in [0.2, 0.25) is 5.28 Å². The third-order valence-electron chi connectivity index (χ3n) is 2.84. The van der Waals surface area contributed by atoms with Gasteiger partial charge in [-0.15, -0.1) is 0 Å². The van der Waals surface area contributed by atoms with E-state index in [0.29, 0.717) is 5.56 Å². The van der Waals surface area contributed by atoms with E-state index in [2.05, 4.69) is 15.3 Å². The Hall–Kier alpha value is -2.19. The number of hydrogen-bond acceptors (Lipinski definition) is 6. The molecule has 2 aromatic rings. The van der Waals surface area contributed by atoms with Gasteiger partial charge in [0.1, 0.15) is 5.82 Å². The average Bonchev–Trinajstić information content (AvgIpc) is 2.44. The van der Waals surface area contributed by atoms with E-state index in [0.717, 1.165) is 6.26 Å². The van der Waals surface area contributed by atoms with Crippen LogP contribution in [-0.4, -0.2) is 30.5 Å². The highest BCUT2D eigenvalue weighted by molar-refractivity contribution is 7.90. The summed E-state index contributed by atoms with van der Waals surface area (Å²) in [6, 6.07) is 6.52. The number of benzene rings is 1. The normalized spacial score (nSPS) is 11.2. The number of carbonyl (C=O) groups excluding carboxylic acids is 1. The molecule has 3 N–H and O–H groups in total. The third-order valence-corrected chi connectivity index (χ3v) is 4.22. The minimum absolute atomic E-state index is 0.0519. The van der Waals surface area contributed by atoms with E-state index >= 15 is 0 Å². The van der Waals surface area contributed by atoms with Crippen LogP contribution in [0.5, 0.6) is 0 Å². The summed E-state index contributed by atoms with van der Waals surface area (Å²) in [6.07, 6.45) is 2.34. The zero-order chi connectivity index (χ0) is 16.3. The number of sulfone groups is 1. The lowest BCUT2D eigenvalue weighted by atomic mass is 10.2. The molecule has 1 amide bonds. The molecule has 0 fully saturated rings. The highest BCUT2D eigenvalue weighted by Crippen LogP contribution is 2.19. The van der Waals surface area contributed by atoms with Crippen LogP contribution in [0, 0.1) is 0 Å². The van der Waals surface area contributed by atoms with Crippen LogP contribution in [0.3, 0.4) is 0 Å². The van der Waals surface area contributed by atoms with Crippen LogP contribution < -0.4 is 11.1 Å². The Labute approximate surface area is 132 Å². The molecule has 1 heterocycles. The smallest absolute Gasteiger partial charge is 0.254 e. The monoisotopic (exact) mass is 340 g/mol. The first-order chi connectivity index (χ1) is 10.3. The van der Waals surface area contributed by atoms with Gasteiger partial charge in [0, 0.05) is 19.0 Å². The van der Waals surface area contributed by atoms with Gasteiger partial charge in [0.15, 0.2) is 9.84 Å². The molecule has 0 aliphatic rings. The van der Waals surface area contributed by atoms with E-state index in [1.165, 1.54) is 12.3 Å². The molecule has 2 rings (SSSR count). The van der Waals surface area contributed by atoms with Crippen LogP contribution in [0.4, 0.5) is 5.82 Å². The molecule has 0 saturated heterocycles. The molecule has 116 valence electrons. The van der Waals surface area contributed by atoms with E-state index in [1.54, 1.807) is 18.2 Å². The van der Waals surface area contributed by atoms with Crippen molar-refractivity contribution in [2.75, 3.05) is 11.6 Å². The second-order valence-corrected chi connectivity index (χ2v) is 6.82. The van der Waals surface area contributed by atoms with Crippen LogP contribution in [0.1, 0.15) is 15.9 Å². The molecule has 1 aromatic carbocycles. The molecule has 0 saturated carbocycles. The minimum Gasteiger partial charge on any atom is -0.365 e. The largest absolute Gasteiger partial charge is 0.365 e. The highest BCUT2D eigenvalue weighted by atomic mass is 35.5. The number of hydrogen-bond donors (Lipinski definition) is 2. The number of nitrogens with zero attached hydrogens (tertiary/aromatic N) is 2. The van der Waals surface area contributed by atoms with Gasteiger partial charge >= 0.3 is 0 Å². The second-order valence-electron chi connectivity index (χ2n) is 4.50. The van der Waals surface area contributed by atoms with Crippen molar-refractivity contribution in [2.45, 2.75) is 11.4 Å². The summed E-state index contributed by atoms with van der Waals surface area (Å²) in [5.74, 6) is -0.564. The van der Waals surface area contributed by atoms with Crippen LogP contribution >= 0.6 is 11.6 Å². The third kappa shape index (κ3) is 3.71. The number of nitrogens with one attached hydrogen (secondary N) is 1. The summed E-state index contributed by atoms with van der Waals surface area (Å²) < 4.78 is 23.5. The minimum atomic E-state index is -3.36. The number of nitrogens with two attached hydrogens (primary N) is 1. The first-order valence-corrected chi connectivity index (χ1v) is 8.40. The maximum absolute atomic E-state index is 11.7. The van der Waals surface area contributed by atoms with Crippen molar-refractivity contribution in [2.24, 2.45) is 5.73 Å². The zero-order valence-electron chi connectivity index (χ0n) is 11.6. The fraction of sp³-hybridized carbons (Fsp3) is 0.154. The van der Waals surface area contributed by atoms with Crippen molar-refractivity contribution in [1.29, 1.82) is 0 Å². The lowest BCUT2D eigenvalue weighted by Crippen LogP contribution is -2.16. The Morgan fingerprint density at radius 2 is 2.05 bits per heavy atom. The van der Waals surface area contributed by atoms with Gasteiger partial charge < -0.3 is 11.1 Å². The number of primary amides is 1. The molecule has 22 heavy (non-hydrogen) atoms. The highest BCUT2D eigenvalue weighted by Gasteiger charge is 2.15. The van der Waals surface area contributed by atoms with Gasteiger partial charge in [0.25, 0.3) is 5.91 Å². The molecule has 0 spiro atoms. The number of halogens is 1. The lowest BCUT2D eigenvalue weighted by Gasteiger charge is -2.11. The Balaban J connectivity index is 2.32. The Morgan fingerprint density at radius 3 is 2.68 bits per heavy atom. The van der Waals surface area contributed by atoms with Crippen LogP contribution in [0.15, 0.2) is 35.4 Å². The van der Waals surface area contributed by atoms with Gasteiger partial charge in [-0.25, -0.2) is 13.4 Å². The van der Waals surface area contributed by atoms with Gasteiger partial charge in [-0.1, -0.05) is 18.2 Å². The lowest BCUT2D eigenvalue weighted by molar-refractivity contribution is 0.100. The summed E-state index contributed by atoms with van der Waals surface area (Å²) in [5.41, 5.74) is 5.84. The Morgan fingerprint density at radius 1 is 1.36 bits per heavy atom. The molecule has 0 atom stereocenters. The van der Waals surface area contributed by atoms with Gasteiger partial charge in [-0.3, -0.25) is 4.79 Å². The SMILES string of the molecule is CS(=O)(=O)c1ccccc1CNc1nc(Cl)ncc1C(N)=O. The quantitative estimate of drug-likeness (QED) is 0.791. The van der Waals surface area contributed by atoms with Gasteiger partial charge in [-0.05, 0) is 23.2 Å². The van der Waals surface area contributed by atoms with Crippen molar-refractivity contribution >= 4 is 33.2 Å². The van der Waals surface area contributed by atoms with Crippen molar-refractivity contribution < 1.29 is 13.2 Å². The van der Waals surface area contributed by atoms with E-state index in [-0.39, 0.29) is 28.1 Å². The van der Waals surface area contributed by atoms with Gasteiger partial charge in [0.05, 0.1) is 10.5 Å². The maximum Gasteiger partial charge on any atom is 0.254 e. The predicted molar refractivity (Wildman–Crippen MR) is 82.4 cm³/mol. The molecule has 0 unspecified atom stereocenters. The number of anilines is 1. The molecule has 0 aliphatic heterocycles. The summed E-state index contributed by atoms with van der Waals surface area (Å²) in [4.78, 5) is 19.1. The second kappa shape index (κ2) is 6.29. The first kappa shape index (κ1) is 16.2. The number of amides is 1. The van der Waals surface area contributed by atoms with E-state index in [1.807, 2.05) is 0 Å². The number of carbonyl (C=O) groups is 1. The summed E-state index contributed by atoms with van der Waals surface area (Å²) >= 11 is 5.70. The van der Waals surface area contributed by atoms with E-state index in [9.17, 15) is 13.2 Å². The fourth-order valence-electron chi connectivity index (χ4n) is 1.87. The Bertz CT molecular complexity index is 824. The maximum atomic E-state index is 11.7. The van der Waals surface area contributed by atoms with Crippen molar-refractivity contribution in [3.8, 4) is 0 Å². The van der Waals surface area contributed by atoms with Crippen molar-refractivity contribution in [3.05, 3.63) is 46.9 Å². The van der Waals surface area contributed by atoms with E-state index < -0.39 is 15.7 Å². The standard InChI is InChI=1S/C13H13ClN4O3S/c1-22(20,21)10-5-3-2-4-8(10)6-16-12-9(11(15)19)7-17-13(14)18-12/h2-5,7H,6H2,1H3,(H2,15,19)(H,16,17,18). The van der Waals surface area contributed by atoms with Gasteiger partial charge in [-0.2, -0.15) is 4.98 Å². The summed E-state index contributed by atoms with van der Waals surface area (Å²) in [7, 11) is -3.36. The molecule has 9 heteroatoms. The predicted octanol–water partition coefficient (Wildman–Crippen LogP) is 1.24. The average molecular weight is 341 g/mol. The van der Waals surface area contributed by atoms with Crippen LogP contribution in [-0.2, 0) is 16.4 Å². The molecule has 0 bridgehead atoms. The fourth-order valence-corrected chi connectivity index (χ4v) is 2.94. The number of aromatic nitrogens is 2. The topological polar surface area (TPSA) is 115 Å². The summed E-state index contributed by atoms with van der Waals surface area (Å²) in [6.45, 7) is 0.136.